The highest BCUT2D eigenvalue weighted by molar-refractivity contribution is 5.92. The van der Waals surface area contributed by atoms with Crippen LogP contribution in [0.2, 0.25) is 0 Å². The maximum atomic E-state index is 10.6. The number of carboxylic acids is 2. The predicted octanol–water partition coefficient (Wildman–Crippen LogP) is 2.15. The van der Waals surface area contributed by atoms with Crippen molar-refractivity contribution < 1.29 is 34.1 Å². The number of esters is 1. The molecule has 0 rings (SSSR count). The van der Waals surface area contributed by atoms with Crippen LogP contribution in [0.15, 0.2) is 25.3 Å². The second-order valence-corrected chi connectivity index (χ2v) is 5.82. The lowest BCUT2D eigenvalue weighted by Gasteiger charge is -2.09. The topological polar surface area (TPSA) is 130 Å². The summed E-state index contributed by atoms with van der Waals surface area (Å²) >= 11 is 0. The van der Waals surface area contributed by atoms with Gasteiger partial charge in [0.15, 0.2) is 0 Å². The van der Waals surface area contributed by atoms with Crippen molar-refractivity contribution >= 4 is 23.8 Å². The Hall–Kier alpha value is -2.64. The Bertz CT molecular complexity index is 486. The zero-order chi connectivity index (χ0) is 20.5. The number of rotatable bonds is 12. The molecule has 1 unspecified atom stereocenters. The first kappa shape index (κ1) is 25.6. The molecule has 3 N–H and O–H groups in total. The summed E-state index contributed by atoms with van der Waals surface area (Å²) in [7, 11) is 0. The van der Waals surface area contributed by atoms with Gasteiger partial charge in [0.25, 0.3) is 0 Å². The van der Waals surface area contributed by atoms with E-state index in [0.717, 1.165) is 24.8 Å². The lowest BCUT2D eigenvalue weighted by Crippen LogP contribution is -2.41. The molecular weight excluding hydrogens is 342 g/mol. The first-order valence-electron chi connectivity index (χ1n) is 8.30. The van der Waals surface area contributed by atoms with Crippen LogP contribution in [0.5, 0.6) is 0 Å². The summed E-state index contributed by atoms with van der Waals surface area (Å²) in [5.41, 5.74) is 0. The number of hydrogen-bond donors (Lipinski definition) is 3. The van der Waals surface area contributed by atoms with E-state index in [-0.39, 0.29) is 5.97 Å². The van der Waals surface area contributed by atoms with Crippen LogP contribution in [-0.4, -0.2) is 46.7 Å². The SMILES string of the molecule is C=CC(=O)NC(CC(=O)O)C(=O)O.C=CC(=O)OCCCCCC(C)C. The number of ether oxygens (including phenoxy) is 1. The third-order valence-electron chi connectivity index (χ3n) is 3.02. The molecule has 0 radical (unpaired) electrons. The molecule has 0 bridgehead atoms. The van der Waals surface area contributed by atoms with Crippen LogP contribution < -0.4 is 5.32 Å². The van der Waals surface area contributed by atoms with Gasteiger partial charge in [-0.2, -0.15) is 0 Å². The molecule has 0 saturated heterocycles. The van der Waals surface area contributed by atoms with Crippen molar-refractivity contribution in [2.45, 2.75) is 52.0 Å². The second-order valence-electron chi connectivity index (χ2n) is 5.82. The fourth-order valence-corrected chi connectivity index (χ4v) is 1.67. The minimum atomic E-state index is -1.41. The monoisotopic (exact) mass is 371 g/mol. The van der Waals surface area contributed by atoms with Crippen LogP contribution >= 0.6 is 0 Å². The minimum Gasteiger partial charge on any atom is -0.481 e. The van der Waals surface area contributed by atoms with E-state index in [4.69, 9.17) is 14.9 Å². The number of carbonyl (C=O) groups excluding carboxylic acids is 2. The second kappa shape index (κ2) is 15.9. The molecule has 0 aliphatic carbocycles. The summed E-state index contributed by atoms with van der Waals surface area (Å²) in [5.74, 6) is -2.94. The molecule has 0 aliphatic heterocycles. The van der Waals surface area contributed by atoms with E-state index < -0.39 is 30.3 Å². The molecular formula is C18H29NO7. The van der Waals surface area contributed by atoms with Gasteiger partial charge in [-0.3, -0.25) is 9.59 Å². The van der Waals surface area contributed by atoms with Crippen molar-refractivity contribution in [1.82, 2.24) is 5.32 Å². The van der Waals surface area contributed by atoms with Gasteiger partial charge >= 0.3 is 17.9 Å². The van der Waals surface area contributed by atoms with Crippen LogP contribution in [0, 0.1) is 5.92 Å². The summed E-state index contributed by atoms with van der Waals surface area (Å²) in [6.07, 6.45) is 6.01. The maximum Gasteiger partial charge on any atom is 0.330 e. The lowest BCUT2D eigenvalue weighted by atomic mass is 10.1. The van der Waals surface area contributed by atoms with E-state index >= 15 is 0 Å². The third-order valence-corrected chi connectivity index (χ3v) is 3.02. The fraction of sp³-hybridized carbons (Fsp3) is 0.556. The number of aliphatic carboxylic acids is 2. The van der Waals surface area contributed by atoms with Gasteiger partial charge in [-0.15, -0.1) is 0 Å². The molecule has 1 atom stereocenters. The molecule has 0 aromatic heterocycles. The highest BCUT2D eigenvalue weighted by Crippen LogP contribution is 2.07. The van der Waals surface area contributed by atoms with Crippen LogP contribution in [-0.2, 0) is 23.9 Å². The molecule has 0 aliphatic rings. The van der Waals surface area contributed by atoms with Gasteiger partial charge in [-0.05, 0) is 18.4 Å². The van der Waals surface area contributed by atoms with Gasteiger partial charge in [0.1, 0.15) is 6.04 Å². The number of unbranched alkanes of at least 4 members (excludes halogenated alkanes) is 2. The molecule has 8 nitrogen and oxygen atoms in total. The summed E-state index contributed by atoms with van der Waals surface area (Å²) in [6.45, 7) is 11.4. The van der Waals surface area contributed by atoms with Gasteiger partial charge in [0, 0.05) is 6.08 Å². The van der Waals surface area contributed by atoms with Crippen molar-refractivity contribution in [3.63, 3.8) is 0 Å². The standard InChI is InChI=1S/C11H20O2.C7H9NO5/c1-4-11(12)13-9-7-5-6-8-10(2)3;1-2-5(9)8-4(7(12)13)3-6(10)11/h4,10H,1,5-9H2,2-3H3;2,4H,1,3H2,(H,8,9)(H,10,11)(H,12,13). The van der Waals surface area contributed by atoms with Crippen LogP contribution in [0.3, 0.4) is 0 Å². The van der Waals surface area contributed by atoms with Crippen molar-refractivity contribution in [2.24, 2.45) is 5.92 Å². The molecule has 148 valence electrons. The number of hydrogen-bond acceptors (Lipinski definition) is 5. The summed E-state index contributed by atoms with van der Waals surface area (Å²) < 4.78 is 4.84. The quantitative estimate of drug-likeness (QED) is 0.272. The van der Waals surface area contributed by atoms with Gasteiger partial charge in [0.05, 0.1) is 13.0 Å². The summed E-state index contributed by atoms with van der Waals surface area (Å²) in [5, 5.41) is 18.7. The molecule has 8 heteroatoms. The normalized spacial score (nSPS) is 10.7. The Labute approximate surface area is 153 Å². The third kappa shape index (κ3) is 17.7. The average Bonchev–Trinajstić information content (AvgIpc) is 2.56. The van der Waals surface area contributed by atoms with Crippen LogP contribution in [0.25, 0.3) is 0 Å². The van der Waals surface area contributed by atoms with Gasteiger partial charge < -0.3 is 20.3 Å². The Balaban J connectivity index is 0. The summed E-state index contributed by atoms with van der Waals surface area (Å²) in [6, 6.07) is -1.41. The summed E-state index contributed by atoms with van der Waals surface area (Å²) in [4.78, 5) is 41.8. The van der Waals surface area contributed by atoms with Gasteiger partial charge in [-0.1, -0.05) is 46.3 Å². The van der Waals surface area contributed by atoms with Crippen LogP contribution in [0.1, 0.15) is 46.0 Å². The fourth-order valence-electron chi connectivity index (χ4n) is 1.67. The molecule has 26 heavy (non-hydrogen) atoms. The Morgan fingerprint density at radius 2 is 1.65 bits per heavy atom. The van der Waals surface area contributed by atoms with E-state index in [9.17, 15) is 19.2 Å². The van der Waals surface area contributed by atoms with Crippen molar-refractivity contribution in [1.29, 1.82) is 0 Å². The van der Waals surface area contributed by atoms with E-state index in [1.807, 2.05) is 5.32 Å². The molecule has 1 amide bonds. The smallest absolute Gasteiger partial charge is 0.330 e. The molecule has 0 spiro atoms. The Kier molecular flexibility index (Phi) is 15.6. The first-order valence-corrected chi connectivity index (χ1v) is 8.30. The Morgan fingerprint density at radius 3 is 2.08 bits per heavy atom. The van der Waals surface area contributed by atoms with Gasteiger partial charge in [0.2, 0.25) is 5.91 Å². The van der Waals surface area contributed by atoms with E-state index in [1.54, 1.807) is 0 Å². The molecule has 0 aromatic carbocycles. The van der Waals surface area contributed by atoms with Crippen LogP contribution in [0.4, 0.5) is 0 Å². The number of nitrogens with one attached hydrogen (secondary N) is 1. The van der Waals surface area contributed by atoms with Crippen molar-refractivity contribution in [3.05, 3.63) is 25.3 Å². The van der Waals surface area contributed by atoms with Crippen molar-refractivity contribution in [3.8, 4) is 0 Å². The highest BCUT2D eigenvalue weighted by atomic mass is 16.5. The maximum absolute atomic E-state index is 10.6. The zero-order valence-corrected chi connectivity index (χ0v) is 15.4. The average molecular weight is 371 g/mol. The minimum absolute atomic E-state index is 0.316. The number of carboxylic acid groups (broad SMARTS) is 2. The molecule has 0 aromatic rings. The predicted molar refractivity (Wildman–Crippen MR) is 96.5 cm³/mol. The lowest BCUT2D eigenvalue weighted by molar-refractivity contribution is -0.146. The first-order chi connectivity index (χ1) is 12.1. The number of amides is 1. The Morgan fingerprint density at radius 1 is 1.04 bits per heavy atom. The molecule has 0 saturated carbocycles. The van der Waals surface area contributed by atoms with Crippen molar-refractivity contribution in [2.75, 3.05) is 6.61 Å². The molecule has 0 heterocycles. The number of carbonyl (C=O) groups is 4. The highest BCUT2D eigenvalue weighted by Gasteiger charge is 2.21. The van der Waals surface area contributed by atoms with E-state index in [0.29, 0.717) is 6.61 Å². The van der Waals surface area contributed by atoms with E-state index in [1.165, 1.54) is 18.9 Å². The molecule has 0 fully saturated rings. The van der Waals surface area contributed by atoms with E-state index in [2.05, 4.69) is 27.0 Å². The van der Waals surface area contributed by atoms with Gasteiger partial charge in [-0.25, -0.2) is 9.59 Å². The zero-order valence-electron chi connectivity index (χ0n) is 15.4. The largest absolute Gasteiger partial charge is 0.481 e.